The molecular formula is C17H29NO3. The van der Waals surface area contributed by atoms with Gasteiger partial charge in [-0.2, -0.15) is 0 Å². The zero-order valence-corrected chi connectivity index (χ0v) is 13.3. The molecule has 3 saturated heterocycles. The van der Waals surface area contributed by atoms with Crippen molar-refractivity contribution in [2.24, 2.45) is 5.92 Å². The SMILES string of the molecule is CCCC1(C(=O)C2CCOC3(CCOCC3)C2)CCCN1. The lowest BCUT2D eigenvalue weighted by Gasteiger charge is -2.44. The normalized spacial score (nSPS) is 36.0. The van der Waals surface area contributed by atoms with Gasteiger partial charge in [-0.25, -0.2) is 0 Å². The third-order valence-electron chi connectivity index (χ3n) is 5.66. The molecule has 0 amide bonds. The zero-order valence-electron chi connectivity index (χ0n) is 13.3. The van der Waals surface area contributed by atoms with Gasteiger partial charge >= 0.3 is 0 Å². The average molecular weight is 295 g/mol. The first-order valence-electron chi connectivity index (χ1n) is 8.71. The lowest BCUT2D eigenvalue weighted by Crippen LogP contribution is -2.54. The second-order valence-electron chi connectivity index (χ2n) is 7.06. The Bertz CT molecular complexity index is 365. The van der Waals surface area contributed by atoms with Gasteiger partial charge in [0.1, 0.15) is 0 Å². The van der Waals surface area contributed by atoms with Crippen molar-refractivity contribution in [2.45, 2.75) is 69.4 Å². The summed E-state index contributed by atoms with van der Waals surface area (Å²) in [6.45, 7) is 5.46. The molecule has 2 atom stereocenters. The fraction of sp³-hybridized carbons (Fsp3) is 0.941. The summed E-state index contributed by atoms with van der Waals surface area (Å²) < 4.78 is 11.6. The van der Waals surface area contributed by atoms with Crippen LogP contribution in [-0.2, 0) is 14.3 Å². The van der Waals surface area contributed by atoms with Gasteiger partial charge in [-0.05, 0) is 51.5 Å². The predicted octanol–water partition coefficient (Wildman–Crippen LogP) is 2.45. The van der Waals surface area contributed by atoms with Crippen molar-refractivity contribution in [2.75, 3.05) is 26.4 Å². The lowest BCUT2D eigenvalue weighted by molar-refractivity contribution is -0.160. The van der Waals surface area contributed by atoms with Crippen LogP contribution in [0.3, 0.4) is 0 Å². The van der Waals surface area contributed by atoms with Gasteiger partial charge < -0.3 is 14.8 Å². The van der Waals surface area contributed by atoms with Gasteiger partial charge in [0, 0.05) is 25.7 Å². The van der Waals surface area contributed by atoms with Gasteiger partial charge in [0.25, 0.3) is 0 Å². The highest BCUT2D eigenvalue weighted by Gasteiger charge is 2.47. The number of ether oxygens (including phenoxy) is 2. The third-order valence-corrected chi connectivity index (χ3v) is 5.66. The van der Waals surface area contributed by atoms with Crippen LogP contribution in [0.1, 0.15) is 58.3 Å². The summed E-state index contributed by atoms with van der Waals surface area (Å²) in [6, 6.07) is 0. The summed E-state index contributed by atoms with van der Waals surface area (Å²) in [5.41, 5.74) is -0.314. The van der Waals surface area contributed by atoms with Gasteiger partial charge in [0.05, 0.1) is 11.1 Å². The Morgan fingerprint density at radius 3 is 2.71 bits per heavy atom. The Hall–Kier alpha value is -0.450. The number of carbonyl (C=O) groups is 1. The lowest BCUT2D eigenvalue weighted by atomic mass is 9.73. The van der Waals surface area contributed by atoms with Crippen molar-refractivity contribution >= 4 is 5.78 Å². The highest BCUT2D eigenvalue weighted by atomic mass is 16.5. The highest BCUT2D eigenvalue weighted by Crippen LogP contribution is 2.40. The maximum absolute atomic E-state index is 13.2. The molecule has 0 saturated carbocycles. The topological polar surface area (TPSA) is 47.6 Å². The Kier molecular flexibility index (Phi) is 4.67. The van der Waals surface area contributed by atoms with Crippen molar-refractivity contribution in [3.05, 3.63) is 0 Å². The van der Waals surface area contributed by atoms with Gasteiger partial charge in [-0.1, -0.05) is 13.3 Å². The first-order valence-corrected chi connectivity index (χ1v) is 8.71. The van der Waals surface area contributed by atoms with Crippen molar-refractivity contribution in [1.29, 1.82) is 0 Å². The first kappa shape index (κ1) is 15.4. The van der Waals surface area contributed by atoms with Crippen molar-refractivity contribution in [1.82, 2.24) is 5.32 Å². The molecule has 0 bridgehead atoms. The summed E-state index contributed by atoms with van der Waals surface area (Å²) >= 11 is 0. The van der Waals surface area contributed by atoms with Gasteiger partial charge in [0.15, 0.2) is 5.78 Å². The Morgan fingerprint density at radius 2 is 2.05 bits per heavy atom. The molecule has 3 aliphatic rings. The van der Waals surface area contributed by atoms with E-state index < -0.39 is 0 Å². The van der Waals surface area contributed by atoms with Crippen LogP contribution in [0.15, 0.2) is 0 Å². The van der Waals surface area contributed by atoms with Crippen LogP contribution in [0.5, 0.6) is 0 Å². The standard InChI is InChI=1S/C17H29NO3/c1-2-5-17(6-3-9-18-17)15(19)14-4-10-21-16(13-14)7-11-20-12-8-16/h14,18H,2-13H2,1H3. The van der Waals surface area contributed by atoms with E-state index in [0.29, 0.717) is 5.78 Å². The van der Waals surface area contributed by atoms with Crippen molar-refractivity contribution < 1.29 is 14.3 Å². The van der Waals surface area contributed by atoms with Crippen LogP contribution in [0.4, 0.5) is 0 Å². The molecule has 4 nitrogen and oxygen atoms in total. The maximum atomic E-state index is 13.2. The number of Topliss-reactive ketones (excluding diaryl/α,β-unsaturated/α-hetero) is 1. The molecule has 21 heavy (non-hydrogen) atoms. The van der Waals surface area contributed by atoms with Gasteiger partial charge in [-0.3, -0.25) is 4.79 Å². The predicted molar refractivity (Wildman–Crippen MR) is 81.3 cm³/mol. The van der Waals surface area contributed by atoms with Crippen LogP contribution < -0.4 is 5.32 Å². The smallest absolute Gasteiger partial charge is 0.156 e. The third kappa shape index (κ3) is 3.03. The number of hydrogen-bond acceptors (Lipinski definition) is 4. The molecule has 1 spiro atoms. The quantitative estimate of drug-likeness (QED) is 0.865. The molecule has 0 aromatic rings. The molecule has 3 aliphatic heterocycles. The van der Waals surface area contributed by atoms with E-state index in [4.69, 9.17) is 9.47 Å². The average Bonchev–Trinajstić information content (AvgIpc) is 2.97. The number of nitrogens with one attached hydrogen (secondary N) is 1. The fourth-order valence-electron chi connectivity index (χ4n) is 4.51. The van der Waals surface area contributed by atoms with Crippen LogP contribution >= 0.6 is 0 Å². The summed E-state index contributed by atoms with van der Waals surface area (Å²) in [6.07, 6.45) is 7.91. The van der Waals surface area contributed by atoms with E-state index in [1.54, 1.807) is 0 Å². The molecule has 120 valence electrons. The zero-order chi connectivity index (χ0) is 14.8. The molecule has 0 aromatic carbocycles. The molecule has 0 radical (unpaired) electrons. The van der Waals surface area contributed by atoms with Crippen LogP contribution in [-0.4, -0.2) is 43.3 Å². The molecule has 0 aromatic heterocycles. The molecule has 2 unspecified atom stereocenters. The number of ketones is 1. The Balaban J connectivity index is 1.71. The van der Waals surface area contributed by atoms with Gasteiger partial charge in [0.2, 0.25) is 0 Å². The number of carbonyl (C=O) groups excluding carboxylic acids is 1. The second-order valence-corrected chi connectivity index (χ2v) is 7.06. The Morgan fingerprint density at radius 1 is 1.24 bits per heavy atom. The van der Waals surface area contributed by atoms with Crippen LogP contribution in [0, 0.1) is 5.92 Å². The van der Waals surface area contributed by atoms with E-state index in [1.165, 1.54) is 0 Å². The highest BCUT2D eigenvalue weighted by molar-refractivity contribution is 5.91. The van der Waals surface area contributed by atoms with E-state index in [2.05, 4.69) is 12.2 Å². The Labute approximate surface area is 127 Å². The summed E-state index contributed by atoms with van der Waals surface area (Å²) in [5, 5.41) is 3.54. The van der Waals surface area contributed by atoms with E-state index in [9.17, 15) is 4.79 Å². The minimum atomic E-state index is -0.233. The molecule has 0 aliphatic carbocycles. The number of hydrogen-bond donors (Lipinski definition) is 1. The minimum absolute atomic E-state index is 0.0805. The first-order chi connectivity index (χ1) is 10.2. The van der Waals surface area contributed by atoms with Crippen LogP contribution in [0.25, 0.3) is 0 Å². The minimum Gasteiger partial charge on any atom is -0.381 e. The molecule has 1 N–H and O–H groups in total. The molecule has 3 fully saturated rings. The van der Waals surface area contributed by atoms with Crippen molar-refractivity contribution in [3.63, 3.8) is 0 Å². The number of rotatable bonds is 4. The molecule has 3 heterocycles. The van der Waals surface area contributed by atoms with E-state index in [1.807, 2.05) is 0 Å². The van der Waals surface area contributed by atoms with E-state index in [-0.39, 0.29) is 17.1 Å². The molecule has 4 heteroatoms. The summed E-state index contributed by atoms with van der Waals surface area (Å²) in [5.74, 6) is 0.644. The maximum Gasteiger partial charge on any atom is 0.156 e. The molecular weight excluding hydrogens is 266 g/mol. The largest absolute Gasteiger partial charge is 0.381 e. The van der Waals surface area contributed by atoms with Crippen LogP contribution in [0.2, 0.25) is 0 Å². The van der Waals surface area contributed by atoms with E-state index >= 15 is 0 Å². The summed E-state index contributed by atoms with van der Waals surface area (Å²) in [4.78, 5) is 13.2. The van der Waals surface area contributed by atoms with Crippen molar-refractivity contribution in [3.8, 4) is 0 Å². The fourth-order valence-corrected chi connectivity index (χ4v) is 4.51. The van der Waals surface area contributed by atoms with E-state index in [0.717, 1.165) is 77.7 Å². The van der Waals surface area contributed by atoms with Gasteiger partial charge in [-0.15, -0.1) is 0 Å². The monoisotopic (exact) mass is 295 g/mol. The molecule has 3 rings (SSSR count). The second kappa shape index (κ2) is 6.35. The summed E-state index contributed by atoms with van der Waals surface area (Å²) in [7, 11) is 0.